The van der Waals surface area contributed by atoms with Crippen LogP contribution in [0.3, 0.4) is 0 Å². The number of esters is 1. The van der Waals surface area contributed by atoms with Crippen molar-refractivity contribution >= 4 is 5.97 Å². The van der Waals surface area contributed by atoms with E-state index in [1.165, 1.54) is 12.8 Å². The normalized spacial score (nSPS) is 48.6. The lowest BCUT2D eigenvalue weighted by atomic mass is 9.41. The van der Waals surface area contributed by atoms with E-state index in [0.717, 1.165) is 38.5 Å². The molecule has 2 heterocycles. The Morgan fingerprint density at radius 2 is 1.82 bits per heavy atom. The molecule has 6 fully saturated rings. The molecule has 0 aromatic carbocycles. The van der Waals surface area contributed by atoms with Crippen LogP contribution in [-0.2, 0) is 14.2 Å². The fourth-order valence-corrected chi connectivity index (χ4v) is 13.3. The zero-order valence-corrected chi connectivity index (χ0v) is 28.8. The Bertz CT molecular complexity index is 1310. The summed E-state index contributed by atoms with van der Waals surface area (Å²) in [5.74, 6) is 1.31. The molecule has 0 bridgehead atoms. The third-order valence-electron chi connectivity index (χ3n) is 15.3. The molecule has 45 heavy (non-hydrogen) atoms. The molecule has 5 aliphatic carbocycles. The lowest BCUT2D eigenvalue weighted by molar-refractivity contribution is -0.215. The molecule has 1 unspecified atom stereocenters. The van der Waals surface area contributed by atoms with Crippen molar-refractivity contribution in [2.24, 2.45) is 50.7 Å². The molecule has 7 rings (SSSR count). The minimum Gasteiger partial charge on any atom is -0.458 e. The molecule has 2 N–H and O–H groups in total. The molecule has 6 aliphatic rings. The smallest absolute Gasteiger partial charge is 0.339 e. The predicted octanol–water partition coefficient (Wildman–Crippen LogP) is 6.60. The third kappa shape index (κ3) is 4.15. The van der Waals surface area contributed by atoms with Crippen LogP contribution < -0.4 is 0 Å². The van der Waals surface area contributed by atoms with Crippen LogP contribution in [0, 0.1) is 50.7 Å². The van der Waals surface area contributed by atoms with E-state index >= 15 is 0 Å². The molecule has 13 atom stereocenters. The predicted molar refractivity (Wildman–Crippen MR) is 171 cm³/mol. The minimum atomic E-state index is -1.03. The summed E-state index contributed by atoms with van der Waals surface area (Å²) in [6.45, 7) is 18.0. The van der Waals surface area contributed by atoms with Crippen LogP contribution in [0.15, 0.2) is 24.5 Å². The Morgan fingerprint density at radius 3 is 2.49 bits per heavy atom. The molecular formula is C38H57NO6. The average Bonchev–Trinajstić information content (AvgIpc) is 3.61. The van der Waals surface area contributed by atoms with Gasteiger partial charge in [0.15, 0.2) is 0 Å². The first-order chi connectivity index (χ1) is 21.1. The second-order valence-corrected chi connectivity index (χ2v) is 17.7. The van der Waals surface area contributed by atoms with E-state index in [4.69, 9.17) is 14.2 Å². The van der Waals surface area contributed by atoms with Crippen LogP contribution >= 0.6 is 0 Å². The third-order valence-corrected chi connectivity index (χ3v) is 15.3. The van der Waals surface area contributed by atoms with Gasteiger partial charge in [0.2, 0.25) is 0 Å². The molecule has 1 aromatic heterocycles. The van der Waals surface area contributed by atoms with Gasteiger partial charge in [0.25, 0.3) is 0 Å². The van der Waals surface area contributed by atoms with Gasteiger partial charge in [-0.3, -0.25) is 4.98 Å². The fraction of sp³-hybridized carbons (Fsp3) is 0.842. The first-order valence-electron chi connectivity index (χ1n) is 17.9. The second-order valence-electron chi connectivity index (χ2n) is 17.7. The zero-order chi connectivity index (χ0) is 32.4. The second kappa shape index (κ2) is 10.2. The van der Waals surface area contributed by atoms with Crippen LogP contribution in [-0.4, -0.2) is 63.9 Å². The maximum atomic E-state index is 13.1. The number of pyridine rings is 1. The minimum absolute atomic E-state index is 0.0180. The summed E-state index contributed by atoms with van der Waals surface area (Å²) >= 11 is 0. The van der Waals surface area contributed by atoms with Crippen molar-refractivity contribution in [3.63, 3.8) is 0 Å². The first kappa shape index (κ1) is 32.0. The number of aliphatic hydroxyl groups is 2. The quantitative estimate of drug-likeness (QED) is 0.345. The van der Waals surface area contributed by atoms with Gasteiger partial charge < -0.3 is 24.4 Å². The summed E-state index contributed by atoms with van der Waals surface area (Å²) < 4.78 is 19.3. The number of rotatable bonds is 6. The van der Waals surface area contributed by atoms with Gasteiger partial charge in [-0.1, -0.05) is 34.6 Å². The number of aliphatic hydroxyl groups excluding tert-OH is 1. The van der Waals surface area contributed by atoms with Crippen molar-refractivity contribution in [3.8, 4) is 0 Å². The molecule has 7 nitrogen and oxygen atoms in total. The van der Waals surface area contributed by atoms with E-state index in [1.807, 2.05) is 20.8 Å². The van der Waals surface area contributed by atoms with Gasteiger partial charge >= 0.3 is 5.97 Å². The lowest BCUT2D eigenvalue weighted by Crippen LogP contribution is -2.60. The number of fused-ring (bicyclic) bond motifs is 4. The molecule has 0 amide bonds. The maximum absolute atomic E-state index is 13.1. The summed E-state index contributed by atoms with van der Waals surface area (Å²) in [7, 11) is 0. The Kier molecular flexibility index (Phi) is 7.28. The van der Waals surface area contributed by atoms with Crippen molar-refractivity contribution in [2.75, 3.05) is 6.61 Å². The SMILES string of the molecule is CCO[C@@H]([C@H]1C[C@@H](C)[C@H]2[C@H](O1)[C@H](O)[C@@]1(C)[C@@H]3CC[C@H]4C(C)(C)[C@@H](OC(=O)c5cccnc5)CCC45C[C@@]35CC[C@]21C)C(C)(C)O. The summed E-state index contributed by atoms with van der Waals surface area (Å²) in [6, 6.07) is 3.57. The maximum Gasteiger partial charge on any atom is 0.339 e. The molecule has 7 heteroatoms. The molecule has 1 aliphatic heterocycles. The highest BCUT2D eigenvalue weighted by atomic mass is 16.6. The van der Waals surface area contributed by atoms with E-state index in [-0.39, 0.29) is 57.3 Å². The van der Waals surface area contributed by atoms with Gasteiger partial charge in [-0.15, -0.1) is 0 Å². The molecular weight excluding hydrogens is 566 g/mol. The zero-order valence-electron chi connectivity index (χ0n) is 28.8. The van der Waals surface area contributed by atoms with Gasteiger partial charge in [0, 0.05) is 29.8 Å². The highest BCUT2D eigenvalue weighted by Crippen LogP contribution is 2.89. The first-order valence-corrected chi connectivity index (χ1v) is 17.9. The van der Waals surface area contributed by atoms with Crippen molar-refractivity contribution in [3.05, 3.63) is 30.1 Å². The molecule has 250 valence electrons. The van der Waals surface area contributed by atoms with Crippen molar-refractivity contribution in [1.82, 2.24) is 4.98 Å². The molecule has 0 radical (unpaired) electrons. The molecule has 1 aromatic rings. The van der Waals surface area contributed by atoms with E-state index in [2.05, 4.69) is 39.6 Å². The van der Waals surface area contributed by atoms with Crippen LogP contribution in [0.4, 0.5) is 0 Å². The van der Waals surface area contributed by atoms with E-state index in [1.54, 1.807) is 24.5 Å². The Hall–Kier alpha value is -1.54. The largest absolute Gasteiger partial charge is 0.458 e. The lowest BCUT2D eigenvalue weighted by Gasteiger charge is -2.63. The number of ether oxygens (including phenoxy) is 3. The molecule has 5 saturated carbocycles. The summed E-state index contributed by atoms with van der Waals surface area (Å²) in [4.78, 5) is 17.2. The molecule has 2 spiro atoms. The van der Waals surface area contributed by atoms with Crippen molar-refractivity contribution in [1.29, 1.82) is 0 Å². The van der Waals surface area contributed by atoms with Crippen LogP contribution in [0.25, 0.3) is 0 Å². The Balaban J connectivity index is 1.16. The Labute approximate surface area is 270 Å². The Morgan fingerprint density at radius 1 is 1.11 bits per heavy atom. The molecule has 1 saturated heterocycles. The van der Waals surface area contributed by atoms with Gasteiger partial charge in [-0.2, -0.15) is 0 Å². The average molecular weight is 624 g/mol. The number of hydrogen-bond donors (Lipinski definition) is 2. The standard InChI is InChI=1S/C38H57NO6/c1-9-43-31(34(5,6)42)24-19-22(2)28-29(44-24)30(40)36(8)26-13-12-25-33(3,4)27(45-32(41)23-11-10-18-39-20-23)14-15-37(25)21-38(26,37)17-16-35(28,36)7/h10-11,18,20,22,24-31,40,42H,9,12-17,19,21H2,1-8H3/t22-,24-,25+,26+,27+,28+,29+,30+,31+,35-,36-,37?,38+/m1/s1. The van der Waals surface area contributed by atoms with Crippen molar-refractivity contribution < 1.29 is 29.2 Å². The highest BCUT2D eigenvalue weighted by molar-refractivity contribution is 5.89. The van der Waals surface area contributed by atoms with E-state index < -0.39 is 17.8 Å². The van der Waals surface area contributed by atoms with E-state index in [9.17, 15) is 15.0 Å². The fourth-order valence-electron chi connectivity index (χ4n) is 13.3. The summed E-state index contributed by atoms with van der Waals surface area (Å²) in [5.41, 5.74) is -0.409. The van der Waals surface area contributed by atoms with Gasteiger partial charge in [0.1, 0.15) is 12.2 Å². The summed E-state index contributed by atoms with van der Waals surface area (Å²) in [5, 5.41) is 23.6. The van der Waals surface area contributed by atoms with Crippen LogP contribution in [0.5, 0.6) is 0 Å². The monoisotopic (exact) mass is 623 g/mol. The number of aromatic nitrogens is 1. The van der Waals surface area contributed by atoms with E-state index in [0.29, 0.717) is 29.9 Å². The highest BCUT2D eigenvalue weighted by Gasteiger charge is 2.84. The number of carbonyl (C=O) groups excluding carboxylic acids is 1. The number of nitrogens with zero attached hydrogens (tertiary/aromatic N) is 1. The van der Waals surface area contributed by atoms with Gasteiger partial charge in [0.05, 0.1) is 29.5 Å². The van der Waals surface area contributed by atoms with Gasteiger partial charge in [-0.05, 0) is 124 Å². The van der Waals surface area contributed by atoms with Crippen LogP contribution in [0.2, 0.25) is 0 Å². The van der Waals surface area contributed by atoms with Crippen LogP contribution in [0.1, 0.15) is 117 Å². The van der Waals surface area contributed by atoms with Crippen molar-refractivity contribution in [2.45, 2.75) is 143 Å². The topological polar surface area (TPSA) is 98.1 Å². The summed E-state index contributed by atoms with van der Waals surface area (Å²) in [6.07, 6.45) is 10.3. The number of carbonyl (C=O) groups is 1. The number of hydrogen-bond acceptors (Lipinski definition) is 7. The van der Waals surface area contributed by atoms with Gasteiger partial charge in [-0.25, -0.2) is 4.79 Å².